The maximum absolute atomic E-state index is 12.4. The Morgan fingerprint density at radius 2 is 1.71 bits per heavy atom. The van der Waals surface area contributed by atoms with Crippen LogP contribution < -0.4 is 4.90 Å². The van der Waals surface area contributed by atoms with Gasteiger partial charge in [-0.05, 0) is 43.7 Å². The molecule has 5 heteroatoms. The number of piperidine rings is 1. The average molecular weight is 329 g/mol. The molecular weight excluding hydrogens is 302 g/mol. The molecule has 4 rings (SSSR count). The number of rotatable bonds is 3. The van der Waals surface area contributed by atoms with Crippen LogP contribution in [0, 0.1) is 5.92 Å². The molecule has 24 heavy (non-hydrogen) atoms. The molecule has 1 aliphatic carbocycles. The van der Waals surface area contributed by atoms with E-state index in [1.165, 1.54) is 37.8 Å². The van der Waals surface area contributed by atoms with Gasteiger partial charge in [0.05, 0.1) is 6.54 Å². The number of nitrogens with zero attached hydrogens (tertiary/aromatic N) is 3. The van der Waals surface area contributed by atoms with Gasteiger partial charge in [-0.15, -0.1) is 0 Å². The molecule has 1 amide bonds. The van der Waals surface area contributed by atoms with Crippen LogP contribution in [0.15, 0.2) is 24.5 Å². The Morgan fingerprint density at radius 3 is 2.42 bits per heavy atom. The number of hydrogen-bond donors (Lipinski definition) is 0. The summed E-state index contributed by atoms with van der Waals surface area (Å²) < 4.78 is 5.74. The summed E-state index contributed by atoms with van der Waals surface area (Å²) in [5.41, 5.74) is 1.23. The molecule has 0 aromatic carbocycles. The highest BCUT2D eigenvalue weighted by atomic mass is 16.6. The third-order valence-electron chi connectivity index (χ3n) is 5.97. The Morgan fingerprint density at radius 1 is 1.00 bits per heavy atom. The molecule has 1 aromatic rings. The summed E-state index contributed by atoms with van der Waals surface area (Å²) in [6.07, 6.45) is 12.2. The molecule has 3 fully saturated rings. The van der Waals surface area contributed by atoms with Crippen LogP contribution in [0.3, 0.4) is 0 Å². The van der Waals surface area contributed by atoms with E-state index in [1.807, 2.05) is 17.3 Å². The summed E-state index contributed by atoms with van der Waals surface area (Å²) in [6.45, 7) is 2.79. The van der Waals surface area contributed by atoms with Crippen LogP contribution in [0.25, 0.3) is 0 Å². The topological polar surface area (TPSA) is 45.7 Å². The minimum absolute atomic E-state index is 0.0760. The van der Waals surface area contributed by atoms with Crippen molar-refractivity contribution in [3.05, 3.63) is 24.5 Å². The molecule has 3 aliphatic rings. The second-order valence-corrected chi connectivity index (χ2v) is 7.40. The molecule has 1 aromatic heterocycles. The van der Waals surface area contributed by atoms with E-state index in [-0.39, 0.29) is 12.2 Å². The maximum atomic E-state index is 12.4. The van der Waals surface area contributed by atoms with Crippen LogP contribution in [0.1, 0.15) is 44.9 Å². The van der Waals surface area contributed by atoms with Gasteiger partial charge in [0, 0.05) is 37.2 Å². The van der Waals surface area contributed by atoms with E-state index >= 15 is 0 Å². The van der Waals surface area contributed by atoms with Gasteiger partial charge in [-0.3, -0.25) is 4.98 Å². The van der Waals surface area contributed by atoms with Crippen molar-refractivity contribution in [3.63, 3.8) is 0 Å². The normalized spacial score (nSPS) is 26.7. The fourth-order valence-corrected chi connectivity index (χ4v) is 4.54. The van der Waals surface area contributed by atoms with Crippen molar-refractivity contribution >= 4 is 11.8 Å². The van der Waals surface area contributed by atoms with Crippen molar-refractivity contribution in [1.82, 2.24) is 9.88 Å². The van der Waals surface area contributed by atoms with Crippen molar-refractivity contribution in [2.24, 2.45) is 5.92 Å². The number of carbonyl (C=O) groups is 1. The van der Waals surface area contributed by atoms with Gasteiger partial charge in [-0.1, -0.05) is 19.3 Å². The second kappa shape index (κ2) is 6.99. The largest absolute Gasteiger partial charge is 0.444 e. The summed E-state index contributed by atoms with van der Waals surface area (Å²) >= 11 is 0. The lowest BCUT2D eigenvalue weighted by Crippen LogP contribution is -2.45. The summed E-state index contributed by atoms with van der Waals surface area (Å²) in [5.74, 6) is 0.588. The van der Waals surface area contributed by atoms with Crippen LogP contribution >= 0.6 is 0 Å². The SMILES string of the molecule is O=C1OC(C2CCCCC2)CN1C1CCN(c2ccncc2)CC1. The van der Waals surface area contributed by atoms with E-state index in [4.69, 9.17) is 4.74 Å². The quantitative estimate of drug-likeness (QED) is 0.852. The molecule has 2 saturated heterocycles. The minimum atomic E-state index is -0.0760. The zero-order valence-electron chi connectivity index (χ0n) is 14.3. The zero-order valence-corrected chi connectivity index (χ0v) is 14.3. The smallest absolute Gasteiger partial charge is 0.410 e. The van der Waals surface area contributed by atoms with E-state index in [0.29, 0.717) is 12.0 Å². The molecule has 2 aliphatic heterocycles. The molecular formula is C19H27N3O2. The second-order valence-electron chi connectivity index (χ2n) is 7.40. The third-order valence-corrected chi connectivity index (χ3v) is 5.97. The number of amides is 1. The van der Waals surface area contributed by atoms with Gasteiger partial charge in [0.25, 0.3) is 0 Å². The summed E-state index contributed by atoms with van der Waals surface area (Å²) in [6, 6.07) is 4.46. The lowest BCUT2D eigenvalue weighted by molar-refractivity contribution is 0.0871. The highest BCUT2D eigenvalue weighted by Gasteiger charge is 2.40. The summed E-state index contributed by atoms with van der Waals surface area (Å²) in [5, 5.41) is 0. The summed E-state index contributed by atoms with van der Waals surface area (Å²) in [4.78, 5) is 20.8. The van der Waals surface area contributed by atoms with Crippen molar-refractivity contribution < 1.29 is 9.53 Å². The van der Waals surface area contributed by atoms with Crippen molar-refractivity contribution in [2.45, 2.75) is 57.1 Å². The first-order valence-corrected chi connectivity index (χ1v) is 9.43. The fraction of sp³-hybridized carbons (Fsp3) is 0.684. The molecule has 3 heterocycles. The van der Waals surface area contributed by atoms with Crippen LogP contribution in [-0.4, -0.2) is 47.8 Å². The number of carbonyl (C=O) groups excluding carboxylic acids is 1. The molecule has 0 spiro atoms. The van der Waals surface area contributed by atoms with Gasteiger partial charge in [0.1, 0.15) is 6.10 Å². The molecule has 0 bridgehead atoms. The van der Waals surface area contributed by atoms with Crippen molar-refractivity contribution in [1.29, 1.82) is 0 Å². The Kier molecular flexibility index (Phi) is 4.58. The number of aromatic nitrogens is 1. The molecule has 130 valence electrons. The third kappa shape index (κ3) is 3.21. The van der Waals surface area contributed by atoms with Crippen molar-refractivity contribution in [2.75, 3.05) is 24.5 Å². The zero-order chi connectivity index (χ0) is 16.4. The van der Waals surface area contributed by atoms with Crippen LogP contribution in [0.2, 0.25) is 0 Å². The van der Waals surface area contributed by atoms with Gasteiger partial charge < -0.3 is 14.5 Å². The van der Waals surface area contributed by atoms with E-state index in [2.05, 4.69) is 22.0 Å². The Bertz CT molecular complexity index is 551. The van der Waals surface area contributed by atoms with Crippen LogP contribution in [-0.2, 0) is 4.74 Å². The predicted molar refractivity (Wildman–Crippen MR) is 93.0 cm³/mol. The van der Waals surface area contributed by atoms with E-state index in [9.17, 15) is 4.79 Å². The average Bonchev–Trinajstić information content (AvgIpc) is 3.05. The Hall–Kier alpha value is -1.78. The highest BCUT2D eigenvalue weighted by Crippen LogP contribution is 2.33. The number of hydrogen-bond acceptors (Lipinski definition) is 4. The van der Waals surface area contributed by atoms with E-state index < -0.39 is 0 Å². The first-order valence-electron chi connectivity index (χ1n) is 9.43. The molecule has 0 radical (unpaired) electrons. The fourth-order valence-electron chi connectivity index (χ4n) is 4.54. The predicted octanol–water partition coefficient (Wildman–Crippen LogP) is 3.45. The van der Waals surface area contributed by atoms with Crippen molar-refractivity contribution in [3.8, 4) is 0 Å². The number of anilines is 1. The van der Waals surface area contributed by atoms with Gasteiger partial charge in [-0.25, -0.2) is 4.79 Å². The number of pyridine rings is 1. The summed E-state index contributed by atoms with van der Waals surface area (Å²) in [7, 11) is 0. The van der Waals surface area contributed by atoms with Gasteiger partial charge in [0.15, 0.2) is 0 Å². The molecule has 0 N–H and O–H groups in total. The highest BCUT2D eigenvalue weighted by molar-refractivity contribution is 5.70. The monoisotopic (exact) mass is 329 g/mol. The first kappa shape index (κ1) is 15.7. The van der Waals surface area contributed by atoms with Crippen LogP contribution in [0.4, 0.5) is 10.5 Å². The standard InChI is InChI=1S/C19H27N3O2/c23-19-22(14-18(24-19)15-4-2-1-3-5-15)17-8-12-21(13-9-17)16-6-10-20-11-7-16/h6-7,10-11,15,17-18H,1-5,8-9,12-14H2. The Balaban J connectivity index is 1.33. The maximum Gasteiger partial charge on any atom is 0.410 e. The number of ether oxygens (including phenoxy) is 1. The lowest BCUT2D eigenvalue weighted by Gasteiger charge is -2.37. The molecule has 5 nitrogen and oxygen atoms in total. The lowest BCUT2D eigenvalue weighted by atomic mass is 9.85. The first-order chi connectivity index (χ1) is 11.8. The minimum Gasteiger partial charge on any atom is -0.444 e. The van der Waals surface area contributed by atoms with E-state index in [0.717, 1.165) is 32.5 Å². The van der Waals surface area contributed by atoms with Gasteiger partial charge >= 0.3 is 6.09 Å². The van der Waals surface area contributed by atoms with Gasteiger partial charge in [-0.2, -0.15) is 0 Å². The molecule has 1 saturated carbocycles. The van der Waals surface area contributed by atoms with Crippen LogP contribution in [0.5, 0.6) is 0 Å². The number of cyclic esters (lactones) is 1. The molecule has 1 atom stereocenters. The van der Waals surface area contributed by atoms with Gasteiger partial charge in [0.2, 0.25) is 0 Å². The Labute approximate surface area is 144 Å². The molecule has 1 unspecified atom stereocenters. The van der Waals surface area contributed by atoms with E-state index in [1.54, 1.807) is 0 Å².